The van der Waals surface area contributed by atoms with Crippen LogP contribution in [0, 0.1) is 0 Å². The van der Waals surface area contributed by atoms with E-state index in [9.17, 15) is 0 Å². The molecular formula is C16H14Cl4OS. The van der Waals surface area contributed by atoms with Crippen molar-refractivity contribution < 1.29 is 4.74 Å². The summed E-state index contributed by atoms with van der Waals surface area (Å²) in [6.07, 6.45) is 0.513. The van der Waals surface area contributed by atoms with Crippen molar-refractivity contribution in [2.45, 2.75) is 18.3 Å². The lowest BCUT2D eigenvalue weighted by atomic mass is 10.00. The van der Waals surface area contributed by atoms with Gasteiger partial charge in [0, 0.05) is 28.6 Å². The maximum atomic E-state index is 6.32. The van der Waals surface area contributed by atoms with Crippen molar-refractivity contribution in [3.63, 3.8) is 0 Å². The third-order valence-electron chi connectivity index (χ3n) is 3.17. The second-order valence-electron chi connectivity index (χ2n) is 4.77. The van der Waals surface area contributed by atoms with E-state index in [1.807, 2.05) is 31.2 Å². The standard InChI is InChI=1S/C16H14Cl4OS/c1-2-21-16(22,9-10-3-5-11(17)6-4-10)12-7-14(19)15(20)8-13(12)18/h3-8,22H,2,9H2,1H3. The molecule has 0 saturated heterocycles. The third kappa shape index (κ3) is 4.25. The van der Waals surface area contributed by atoms with Crippen LogP contribution in [0.15, 0.2) is 36.4 Å². The van der Waals surface area contributed by atoms with Gasteiger partial charge in [-0.25, -0.2) is 0 Å². The van der Waals surface area contributed by atoms with Crippen LogP contribution in [0.4, 0.5) is 0 Å². The highest BCUT2D eigenvalue weighted by atomic mass is 35.5. The second-order valence-corrected chi connectivity index (χ2v) is 7.15. The van der Waals surface area contributed by atoms with E-state index in [2.05, 4.69) is 0 Å². The van der Waals surface area contributed by atoms with Crippen LogP contribution < -0.4 is 0 Å². The summed E-state index contributed by atoms with van der Waals surface area (Å²) in [6, 6.07) is 10.8. The van der Waals surface area contributed by atoms with Gasteiger partial charge >= 0.3 is 0 Å². The van der Waals surface area contributed by atoms with Crippen molar-refractivity contribution >= 4 is 59.0 Å². The molecule has 0 spiro atoms. The molecule has 1 nitrogen and oxygen atoms in total. The van der Waals surface area contributed by atoms with Crippen molar-refractivity contribution in [2.24, 2.45) is 0 Å². The summed E-state index contributed by atoms with van der Waals surface area (Å²) in [7, 11) is 0. The molecule has 0 radical (unpaired) electrons. The molecule has 6 heteroatoms. The predicted octanol–water partition coefficient (Wildman–Crippen LogP) is 6.66. The fraction of sp³-hybridized carbons (Fsp3) is 0.250. The van der Waals surface area contributed by atoms with Gasteiger partial charge in [-0.2, -0.15) is 0 Å². The minimum absolute atomic E-state index is 0.397. The Morgan fingerprint density at radius 1 is 0.955 bits per heavy atom. The van der Waals surface area contributed by atoms with Crippen molar-refractivity contribution in [3.05, 3.63) is 67.6 Å². The average molecular weight is 396 g/mol. The maximum Gasteiger partial charge on any atom is 0.141 e. The fourth-order valence-corrected chi connectivity index (χ4v) is 3.55. The van der Waals surface area contributed by atoms with Crippen LogP contribution in [-0.4, -0.2) is 6.61 Å². The Kier molecular flexibility index (Phi) is 6.35. The van der Waals surface area contributed by atoms with Crippen molar-refractivity contribution in [2.75, 3.05) is 6.61 Å². The molecule has 1 atom stereocenters. The molecule has 2 aromatic carbocycles. The largest absolute Gasteiger partial charge is 0.360 e. The topological polar surface area (TPSA) is 9.23 Å². The van der Waals surface area contributed by atoms with Crippen LogP contribution in [0.3, 0.4) is 0 Å². The first-order valence-electron chi connectivity index (χ1n) is 6.61. The van der Waals surface area contributed by atoms with Gasteiger partial charge in [0.2, 0.25) is 0 Å². The van der Waals surface area contributed by atoms with Crippen LogP contribution >= 0.6 is 59.0 Å². The van der Waals surface area contributed by atoms with Crippen LogP contribution in [0.1, 0.15) is 18.1 Å². The Balaban J connectivity index is 2.43. The molecule has 0 aliphatic rings. The van der Waals surface area contributed by atoms with Gasteiger partial charge in [-0.05, 0) is 36.8 Å². The van der Waals surface area contributed by atoms with Crippen LogP contribution in [0.2, 0.25) is 20.1 Å². The van der Waals surface area contributed by atoms with Crippen LogP contribution in [-0.2, 0) is 16.1 Å². The number of benzene rings is 2. The Labute approximate surface area is 155 Å². The van der Waals surface area contributed by atoms with E-state index in [4.69, 9.17) is 63.8 Å². The molecule has 0 amide bonds. The van der Waals surface area contributed by atoms with Crippen LogP contribution in [0.25, 0.3) is 0 Å². The highest BCUT2D eigenvalue weighted by molar-refractivity contribution is 7.81. The minimum atomic E-state index is -0.909. The first-order chi connectivity index (χ1) is 10.4. The van der Waals surface area contributed by atoms with Gasteiger partial charge in [-0.3, -0.25) is 0 Å². The highest BCUT2D eigenvalue weighted by Gasteiger charge is 2.32. The van der Waals surface area contributed by atoms with Crippen molar-refractivity contribution in [1.82, 2.24) is 0 Å². The Hall–Kier alpha value is -0.0900. The Bertz CT molecular complexity index is 660. The Morgan fingerprint density at radius 2 is 1.55 bits per heavy atom. The smallest absolute Gasteiger partial charge is 0.141 e. The number of hydrogen-bond donors (Lipinski definition) is 1. The summed E-state index contributed by atoms with van der Waals surface area (Å²) < 4.78 is 5.87. The highest BCUT2D eigenvalue weighted by Crippen LogP contribution is 2.41. The first-order valence-corrected chi connectivity index (χ1v) is 8.57. The molecule has 1 unspecified atom stereocenters. The average Bonchev–Trinajstić information content (AvgIpc) is 2.45. The van der Waals surface area contributed by atoms with E-state index in [0.717, 1.165) is 5.56 Å². The van der Waals surface area contributed by atoms with E-state index in [1.54, 1.807) is 12.1 Å². The van der Waals surface area contributed by atoms with E-state index in [1.165, 1.54) is 0 Å². The summed E-state index contributed by atoms with van der Waals surface area (Å²) in [4.78, 5) is -0.909. The van der Waals surface area contributed by atoms with E-state index in [-0.39, 0.29) is 0 Å². The van der Waals surface area contributed by atoms with Crippen molar-refractivity contribution in [3.8, 4) is 0 Å². The van der Waals surface area contributed by atoms with E-state index >= 15 is 0 Å². The molecule has 0 fully saturated rings. The van der Waals surface area contributed by atoms with Gasteiger partial charge in [0.25, 0.3) is 0 Å². The Morgan fingerprint density at radius 3 is 2.14 bits per heavy atom. The van der Waals surface area contributed by atoms with E-state index in [0.29, 0.717) is 38.7 Å². The zero-order chi connectivity index (χ0) is 16.3. The normalized spacial score (nSPS) is 13.9. The first kappa shape index (κ1) is 18.3. The molecule has 118 valence electrons. The SMILES string of the molecule is CCOC(S)(Cc1ccc(Cl)cc1)c1cc(Cl)c(Cl)cc1Cl. The number of thiol groups is 1. The molecule has 0 aliphatic heterocycles. The summed E-state index contributed by atoms with van der Waals surface area (Å²) in [5.41, 5.74) is 1.71. The molecule has 2 aromatic rings. The van der Waals surface area contributed by atoms with Crippen molar-refractivity contribution in [1.29, 1.82) is 0 Å². The molecule has 22 heavy (non-hydrogen) atoms. The lowest BCUT2D eigenvalue weighted by molar-refractivity contribution is 0.0338. The molecule has 0 aliphatic carbocycles. The minimum Gasteiger partial charge on any atom is -0.360 e. The zero-order valence-corrected chi connectivity index (χ0v) is 15.7. The summed E-state index contributed by atoms with van der Waals surface area (Å²) in [5.74, 6) is 0. The molecular weight excluding hydrogens is 382 g/mol. The lowest BCUT2D eigenvalue weighted by Crippen LogP contribution is -2.26. The quantitative estimate of drug-likeness (QED) is 0.338. The molecule has 0 aromatic heterocycles. The van der Waals surface area contributed by atoms with Crippen LogP contribution in [0.5, 0.6) is 0 Å². The van der Waals surface area contributed by atoms with Gasteiger partial charge in [-0.1, -0.05) is 58.5 Å². The molecule has 0 N–H and O–H groups in total. The summed E-state index contributed by atoms with van der Waals surface area (Å²) >= 11 is 29.1. The third-order valence-corrected chi connectivity index (χ3v) is 4.99. The number of ether oxygens (including phenoxy) is 1. The van der Waals surface area contributed by atoms with Gasteiger partial charge in [0.1, 0.15) is 4.93 Å². The predicted molar refractivity (Wildman–Crippen MR) is 98.9 cm³/mol. The van der Waals surface area contributed by atoms with Gasteiger partial charge < -0.3 is 4.74 Å². The summed E-state index contributed by atoms with van der Waals surface area (Å²) in [6.45, 7) is 2.38. The van der Waals surface area contributed by atoms with Gasteiger partial charge in [-0.15, -0.1) is 12.6 Å². The second kappa shape index (κ2) is 7.65. The summed E-state index contributed by atoms with van der Waals surface area (Å²) in [5, 5.41) is 1.95. The number of hydrogen-bond acceptors (Lipinski definition) is 2. The molecule has 2 rings (SSSR count). The van der Waals surface area contributed by atoms with E-state index < -0.39 is 4.93 Å². The lowest BCUT2D eigenvalue weighted by Gasteiger charge is -2.30. The zero-order valence-electron chi connectivity index (χ0n) is 11.7. The fourth-order valence-electron chi connectivity index (χ4n) is 2.16. The molecule has 0 heterocycles. The number of rotatable bonds is 5. The maximum absolute atomic E-state index is 6.32. The monoisotopic (exact) mass is 394 g/mol. The van der Waals surface area contributed by atoms with Gasteiger partial charge in [0.05, 0.1) is 10.0 Å². The van der Waals surface area contributed by atoms with Gasteiger partial charge in [0.15, 0.2) is 0 Å². The molecule has 0 saturated carbocycles. The molecule has 0 bridgehead atoms. The number of halogens is 4.